The Labute approximate surface area is 132 Å². The molecule has 0 saturated heterocycles. The number of rotatable bonds is 6. The van der Waals surface area contributed by atoms with Crippen molar-refractivity contribution in [3.05, 3.63) is 29.8 Å². The lowest BCUT2D eigenvalue weighted by molar-refractivity contribution is -0.174. The summed E-state index contributed by atoms with van der Waals surface area (Å²) < 4.78 is 78.0. The summed E-state index contributed by atoms with van der Waals surface area (Å²) in [5, 5.41) is 11.2. The zero-order valence-corrected chi connectivity index (χ0v) is 12.1. The van der Waals surface area contributed by atoms with Crippen LogP contribution in [0.3, 0.4) is 0 Å². The van der Waals surface area contributed by atoms with Gasteiger partial charge in [-0.15, -0.1) is 10.2 Å². The van der Waals surface area contributed by atoms with Crippen LogP contribution < -0.4 is 0 Å². The van der Waals surface area contributed by atoms with Gasteiger partial charge in [-0.05, 0) is 23.8 Å². The summed E-state index contributed by atoms with van der Waals surface area (Å²) in [7, 11) is 0. The molecule has 5 nitrogen and oxygen atoms in total. The quantitative estimate of drug-likeness (QED) is 0.590. The Kier molecular flexibility index (Phi) is 5.42. The normalized spacial score (nSPS) is 12.6. The molecule has 1 aromatic heterocycles. The van der Waals surface area contributed by atoms with E-state index in [1.807, 2.05) is 0 Å². The fraction of sp³-hybridized carbons (Fsp3) is 0.462. The van der Waals surface area contributed by atoms with Gasteiger partial charge in [-0.25, -0.2) is 0 Å². The molecular weight excluding hydrogens is 342 g/mol. The molecule has 0 amide bonds. The van der Waals surface area contributed by atoms with E-state index in [2.05, 4.69) is 20.1 Å². The van der Waals surface area contributed by atoms with Crippen molar-refractivity contribution in [2.24, 2.45) is 0 Å². The minimum absolute atomic E-state index is 0.00249. The summed E-state index contributed by atoms with van der Waals surface area (Å²) in [6, 6.07) is 4.45. The van der Waals surface area contributed by atoms with E-state index in [0.29, 0.717) is 0 Å². The standard InChI is InChI=1S/C13H12F6N4O/c14-12(15,16)8-24-6-2-5-23-21-11(20-22-23)9-3-1-4-10(7-9)13(17,18)19/h1,3-4,7H,2,5-6,8H2. The van der Waals surface area contributed by atoms with E-state index >= 15 is 0 Å². The topological polar surface area (TPSA) is 52.8 Å². The van der Waals surface area contributed by atoms with Crippen LogP contribution in [0.2, 0.25) is 0 Å². The predicted octanol–water partition coefficient (Wildman–Crippen LogP) is 3.33. The Hall–Kier alpha value is -2.17. The maximum Gasteiger partial charge on any atom is 0.416 e. The minimum Gasteiger partial charge on any atom is -0.372 e. The highest BCUT2D eigenvalue weighted by atomic mass is 19.4. The highest BCUT2D eigenvalue weighted by molar-refractivity contribution is 5.55. The van der Waals surface area contributed by atoms with E-state index in [4.69, 9.17) is 0 Å². The molecule has 0 radical (unpaired) electrons. The summed E-state index contributed by atoms with van der Waals surface area (Å²) in [4.78, 5) is 1.09. The molecule has 0 atom stereocenters. The Balaban J connectivity index is 1.91. The molecule has 0 aliphatic rings. The van der Waals surface area contributed by atoms with Crippen molar-refractivity contribution in [1.82, 2.24) is 20.2 Å². The molecular formula is C13H12F6N4O. The highest BCUT2D eigenvalue weighted by Crippen LogP contribution is 2.31. The van der Waals surface area contributed by atoms with Crippen molar-refractivity contribution >= 4 is 0 Å². The van der Waals surface area contributed by atoms with Gasteiger partial charge in [0, 0.05) is 12.2 Å². The summed E-state index contributed by atoms with van der Waals surface area (Å²) in [6.07, 6.45) is -8.67. The SMILES string of the molecule is FC(F)(F)COCCCn1nnc(-c2cccc(C(F)(F)F)c2)n1. The maximum atomic E-state index is 12.7. The van der Waals surface area contributed by atoms with Gasteiger partial charge in [0.2, 0.25) is 5.82 Å². The molecule has 0 unspecified atom stereocenters. The number of hydrogen-bond donors (Lipinski definition) is 0. The second-order valence-electron chi connectivity index (χ2n) is 4.81. The zero-order chi connectivity index (χ0) is 17.8. The first-order chi connectivity index (χ1) is 11.1. The third-order valence-corrected chi connectivity index (χ3v) is 2.81. The average Bonchev–Trinajstić information content (AvgIpc) is 2.94. The van der Waals surface area contributed by atoms with Gasteiger partial charge in [0.05, 0.1) is 12.1 Å². The van der Waals surface area contributed by atoms with Crippen LogP contribution in [0.15, 0.2) is 24.3 Å². The van der Waals surface area contributed by atoms with Crippen LogP contribution in [0.5, 0.6) is 0 Å². The van der Waals surface area contributed by atoms with Gasteiger partial charge in [0.15, 0.2) is 0 Å². The second kappa shape index (κ2) is 7.16. The predicted molar refractivity (Wildman–Crippen MR) is 69.7 cm³/mol. The lowest BCUT2D eigenvalue weighted by atomic mass is 10.1. The van der Waals surface area contributed by atoms with Crippen LogP contribution in [0.4, 0.5) is 26.3 Å². The van der Waals surface area contributed by atoms with Gasteiger partial charge in [-0.1, -0.05) is 12.1 Å². The number of aromatic nitrogens is 4. The molecule has 24 heavy (non-hydrogen) atoms. The largest absolute Gasteiger partial charge is 0.416 e. The number of nitrogens with zero attached hydrogens (tertiary/aromatic N) is 4. The molecule has 1 heterocycles. The van der Waals surface area contributed by atoms with Crippen molar-refractivity contribution in [1.29, 1.82) is 0 Å². The number of halogens is 6. The van der Waals surface area contributed by atoms with E-state index in [-0.39, 0.29) is 31.0 Å². The summed E-state index contributed by atoms with van der Waals surface area (Å²) >= 11 is 0. The molecule has 1 aromatic carbocycles. The third kappa shape index (κ3) is 5.48. The van der Waals surface area contributed by atoms with Crippen molar-refractivity contribution in [3.8, 4) is 11.4 Å². The lowest BCUT2D eigenvalue weighted by Crippen LogP contribution is -2.18. The molecule has 0 aliphatic carbocycles. The molecule has 2 rings (SSSR count). The average molecular weight is 354 g/mol. The van der Waals surface area contributed by atoms with Crippen LogP contribution in [0.25, 0.3) is 11.4 Å². The molecule has 0 N–H and O–H groups in total. The summed E-state index contributed by atoms with van der Waals surface area (Å²) in [5.74, 6) is -0.00249. The van der Waals surface area contributed by atoms with Crippen LogP contribution in [-0.2, 0) is 17.5 Å². The lowest BCUT2D eigenvalue weighted by Gasteiger charge is -2.07. The van der Waals surface area contributed by atoms with Gasteiger partial charge >= 0.3 is 12.4 Å². The smallest absolute Gasteiger partial charge is 0.372 e. The fourth-order valence-electron chi connectivity index (χ4n) is 1.78. The van der Waals surface area contributed by atoms with Crippen molar-refractivity contribution in [3.63, 3.8) is 0 Å². The number of benzene rings is 1. The fourth-order valence-corrected chi connectivity index (χ4v) is 1.78. The van der Waals surface area contributed by atoms with E-state index < -0.39 is 24.5 Å². The second-order valence-corrected chi connectivity index (χ2v) is 4.81. The van der Waals surface area contributed by atoms with Gasteiger partial charge < -0.3 is 4.74 Å². The van der Waals surface area contributed by atoms with Crippen molar-refractivity contribution < 1.29 is 31.1 Å². The molecule has 132 valence electrons. The first kappa shape index (κ1) is 18.2. The zero-order valence-electron chi connectivity index (χ0n) is 12.1. The number of ether oxygens (including phenoxy) is 1. The highest BCUT2D eigenvalue weighted by Gasteiger charge is 2.30. The molecule has 0 fully saturated rings. The monoisotopic (exact) mass is 354 g/mol. The first-order valence-electron chi connectivity index (χ1n) is 6.75. The molecule has 11 heteroatoms. The number of alkyl halides is 6. The van der Waals surface area contributed by atoms with E-state index in [0.717, 1.165) is 16.9 Å². The van der Waals surface area contributed by atoms with Crippen LogP contribution in [-0.4, -0.2) is 39.6 Å². The molecule has 2 aromatic rings. The van der Waals surface area contributed by atoms with Crippen LogP contribution in [0.1, 0.15) is 12.0 Å². The van der Waals surface area contributed by atoms with Crippen molar-refractivity contribution in [2.75, 3.05) is 13.2 Å². The third-order valence-electron chi connectivity index (χ3n) is 2.81. The van der Waals surface area contributed by atoms with Gasteiger partial charge in [-0.2, -0.15) is 31.1 Å². The minimum atomic E-state index is -4.48. The van der Waals surface area contributed by atoms with Gasteiger partial charge in [0.25, 0.3) is 0 Å². The van der Waals surface area contributed by atoms with Crippen LogP contribution >= 0.6 is 0 Å². The Morgan fingerprint density at radius 1 is 1.08 bits per heavy atom. The molecule has 0 bridgehead atoms. The Bertz CT molecular complexity index is 667. The van der Waals surface area contributed by atoms with E-state index in [1.54, 1.807) is 0 Å². The summed E-state index contributed by atoms with van der Waals surface area (Å²) in [5.41, 5.74) is -0.693. The Morgan fingerprint density at radius 3 is 2.50 bits per heavy atom. The van der Waals surface area contributed by atoms with E-state index in [1.165, 1.54) is 12.1 Å². The molecule has 0 spiro atoms. The summed E-state index contributed by atoms with van der Waals surface area (Å²) in [6.45, 7) is -1.36. The Morgan fingerprint density at radius 2 is 1.83 bits per heavy atom. The molecule has 0 saturated carbocycles. The maximum absolute atomic E-state index is 12.7. The first-order valence-corrected chi connectivity index (χ1v) is 6.75. The van der Waals surface area contributed by atoms with Crippen LogP contribution in [0, 0.1) is 0 Å². The van der Waals surface area contributed by atoms with Gasteiger partial charge in [-0.3, -0.25) is 0 Å². The van der Waals surface area contributed by atoms with Crippen molar-refractivity contribution in [2.45, 2.75) is 25.3 Å². The molecule has 0 aliphatic heterocycles. The number of tetrazole rings is 1. The number of aryl methyl sites for hydroxylation is 1. The van der Waals surface area contributed by atoms with Gasteiger partial charge in [0.1, 0.15) is 6.61 Å². The number of hydrogen-bond acceptors (Lipinski definition) is 4. The van der Waals surface area contributed by atoms with E-state index in [9.17, 15) is 26.3 Å².